The molecule has 8 aliphatic heterocycles. The smallest absolute Gasteiger partial charge is 0.386 e. The van der Waals surface area contributed by atoms with Crippen LogP contribution in [0, 0.1) is 27.7 Å². The van der Waals surface area contributed by atoms with Crippen molar-refractivity contribution in [1.82, 2.24) is 57.7 Å². The number of aryl methyl sites for hydroxylation is 4. The van der Waals surface area contributed by atoms with E-state index in [-0.39, 0.29) is 52.3 Å². The highest BCUT2D eigenvalue weighted by Crippen LogP contribution is 2.67. The first-order valence-electron chi connectivity index (χ1n) is 33.9. The topological polar surface area (TPSA) is 567 Å². The van der Waals surface area contributed by atoms with Crippen LogP contribution >= 0.6 is 95.2 Å². The number of nitrogens with zero attached hydrogens (tertiary/aromatic N) is 9. The van der Waals surface area contributed by atoms with Crippen molar-refractivity contribution in [2.75, 3.05) is 51.6 Å². The number of nitrogen functional groups attached to an aromatic ring is 2. The van der Waals surface area contributed by atoms with Crippen molar-refractivity contribution in [1.29, 1.82) is 0 Å². The molecule has 8 N–H and O–H groups in total. The van der Waals surface area contributed by atoms with Crippen LogP contribution in [0.15, 0.2) is 71.0 Å². The molecule has 0 radical (unpaired) electrons. The third-order valence-corrected chi connectivity index (χ3v) is 28.8. The van der Waals surface area contributed by atoms with Crippen LogP contribution in [0.4, 0.5) is 11.6 Å². The Morgan fingerprint density at radius 3 is 1.38 bits per heavy atom. The van der Waals surface area contributed by atoms with Crippen molar-refractivity contribution in [3.63, 3.8) is 0 Å². The molecule has 112 heavy (non-hydrogen) atoms. The number of rotatable bonds is 29. The average molecular weight is 1770 g/mol. The molecule has 14 heterocycles. The largest absolute Gasteiger partial charge is 0.393 e. The van der Waals surface area contributed by atoms with Gasteiger partial charge in [0.05, 0.1) is 57.7 Å². The highest BCUT2D eigenvalue weighted by Gasteiger charge is 2.72. The highest BCUT2D eigenvalue weighted by molar-refractivity contribution is 8.45. The molecule has 55 heteroatoms. The normalized spacial score (nSPS) is 35.3. The minimum Gasteiger partial charge on any atom is -0.393 e. The number of aliphatic hydroxyl groups is 1. The Hall–Kier alpha value is -4.79. The van der Waals surface area contributed by atoms with Gasteiger partial charge < -0.3 is 59.0 Å². The van der Waals surface area contributed by atoms with Crippen LogP contribution in [0.25, 0.3) is 11.2 Å². The lowest BCUT2D eigenvalue weighted by molar-refractivity contribution is -0.219. The molecule has 26 atom stereocenters. The molecule has 0 saturated carbocycles. The van der Waals surface area contributed by atoms with E-state index in [0.717, 1.165) is 37.8 Å². The molecule has 8 fully saturated rings. The number of nitrogens with one attached hydrogen (secondary N) is 3. The molecule has 614 valence electrons. The van der Waals surface area contributed by atoms with Crippen molar-refractivity contribution in [2.24, 2.45) is 0 Å². The maximum atomic E-state index is 15.3. The second-order valence-corrected chi connectivity index (χ2v) is 42.0. The Bertz CT molecular complexity index is 5430. The van der Waals surface area contributed by atoms with Gasteiger partial charge in [-0.3, -0.25) is 92.9 Å². The molecule has 8 aliphatic rings. The Balaban J connectivity index is 0.718. The van der Waals surface area contributed by atoms with Gasteiger partial charge in [-0.15, -0.1) is 0 Å². The Morgan fingerprint density at radius 1 is 0.509 bits per heavy atom. The summed E-state index contributed by atoms with van der Waals surface area (Å²) in [5, 5.41) is 10.9. The summed E-state index contributed by atoms with van der Waals surface area (Å²) < 4.78 is 189. The van der Waals surface area contributed by atoms with Crippen LogP contribution in [0.2, 0.25) is 0 Å². The van der Waals surface area contributed by atoms with Crippen LogP contribution in [0.5, 0.6) is 0 Å². The fourth-order valence-electron chi connectivity index (χ4n) is 14.7. The standard InChI is InChI=1S/C57H75N14O31P5S5/c1-22-11-68(51(76)63-42(22)58)48-36-39(55(17-72,95-48)26(5)90-36)100-106(83,111)88-19-57-28(7)92-38(50(97-57)70-14-25(4)47(75)66-54(70)79)41(57)102-107(84,112)89-18-56-27(6)91-37(49(96-56)69-13-24(3)46(74)65-53(69)78)40(56)101-105(82,110)87-16-32-30(9-33(93-32)67-12-23(2)45(73)64-52(67)77)99-104(81,109)86-15-31-29(98-103(80,108)85-8)10-34(94-31)71-21-62-35-43(59)60-20-61-44(35)71/h11-14,20-21,26-34,36-41,48-50,72H,9-10,15-19H2,1-8H3,(H,80,108)(H,81,109)(H,82,110)(H,83,111)(H,84,112)(H2,58,63,76)(H2,59,60,61)(H,64,73,77)(H,65,74,78)(H,66,75,79)/t26-,27-,28-,29?,30?,31+,32+,33+,34+,36-,37-,38-,39?,40?,41?,48+,49+,50+,55+,56+,57+,103?,104?,105?,106?,107?/m0/s1. The molecular weight excluding hydrogens is 1690 g/mol. The maximum absolute atomic E-state index is 15.3. The van der Waals surface area contributed by atoms with Crippen molar-refractivity contribution >= 4 is 118 Å². The zero-order valence-corrected chi connectivity index (χ0v) is 68.6. The third kappa shape index (κ3) is 15.6. The Morgan fingerprint density at radius 2 is 0.902 bits per heavy atom. The summed E-state index contributed by atoms with van der Waals surface area (Å²) in [5.41, 5.74) is 0.630. The lowest BCUT2D eigenvalue weighted by Crippen LogP contribution is -2.52. The number of thiol groups is 5. The van der Waals surface area contributed by atoms with E-state index >= 15 is 9.13 Å². The van der Waals surface area contributed by atoms with Crippen LogP contribution < -0.4 is 50.9 Å². The number of imidazole rings is 1. The van der Waals surface area contributed by atoms with Gasteiger partial charge in [-0.25, -0.2) is 57.0 Å². The number of fused-ring (bicyclic) bond motifs is 7. The van der Waals surface area contributed by atoms with E-state index in [1.165, 1.54) is 71.2 Å². The number of hydrogen-bond acceptors (Lipinski definition) is 37. The van der Waals surface area contributed by atoms with Crippen LogP contribution in [-0.4, -0.2) is 199 Å². The van der Waals surface area contributed by atoms with E-state index in [0.29, 0.717) is 5.56 Å². The molecular formula is C57H75N14O31P5S5. The molecule has 45 nitrogen and oxygen atoms in total. The second kappa shape index (κ2) is 30.9. The molecule has 0 aliphatic carbocycles. The van der Waals surface area contributed by atoms with Crippen LogP contribution in [-0.2, 0) is 106 Å². The predicted octanol–water partition coefficient (Wildman–Crippen LogP) is 2.69. The summed E-state index contributed by atoms with van der Waals surface area (Å²) in [5.74, 6) is -0.0000596. The number of aromatic amines is 3. The zero-order valence-electron chi connectivity index (χ0n) is 59.7. The van der Waals surface area contributed by atoms with Gasteiger partial charge in [0.1, 0.15) is 108 Å². The number of hydrogen-bond donors (Lipinski definition) is 11. The summed E-state index contributed by atoms with van der Waals surface area (Å²) >= 11 is 21.4. The van der Waals surface area contributed by atoms with Gasteiger partial charge in [0.2, 0.25) is 0 Å². The third-order valence-electron chi connectivity index (χ3n) is 20.6. The minimum atomic E-state index is -5.08. The fraction of sp³-hybridized carbons (Fsp3) is 0.632. The van der Waals surface area contributed by atoms with Crippen LogP contribution in [0.1, 0.15) is 87.0 Å². The SMILES string of the molecule is COP(=O)(S)OC1C[C@H](n2cnc3c(N)ncnc32)O[C@@H]1COP(=O)(S)OC1C[C@H](n2cc(C)c(=O)[nH]c2=O)O[C@@H]1COP(=O)(S)OC1[C@@H]2O[C@@H](C)[C@@]1(COP(=O)(S)OC1[C@@H]3O[C@@H](C)[C@@]1(COP(=O)(S)OC1[C@@H]4O[C@@H](C)[C@@]1(CO)O[C@H]4n1cc(C)c(N)nc1=O)O[C@H]3n1cc(C)c(=O)[nH]c1=O)O[C@H]2n1cc(C)c(=O)[nH]c1=O. The molecule has 0 spiro atoms. The number of aliphatic hydroxyl groups excluding tert-OH is 1. The number of ether oxygens (including phenoxy) is 8. The summed E-state index contributed by atoms with van der Waals surface area (Å²) in [6, 6.07) is 0. The first-order valence-corrected chi connectivity index (χ1v) is 47.3. The molecule has 6 aromatic heterocycles. The van der Waals surface area contributed by atoms with Crippen molar-refractivity contribution < 1.29 is 111 Å². The van der Waals surface area contributed by atoms with Crippen molar-refractivity contribution in [3.8, 4) is 0 Å². The molecule has 0 aromatic carbocycles. The minimum absolute atomic E-state index is 0.000156. The average Bonchev–Trinajstić information content (AvgIpc) is 1.55. The zero-order chi connectivity index (χ0) is 80.8. The molecule has 6 bridgehead atoms. The summed E-state index contributed by atoms with van der Waals surface area (Å²) in [7, 11) is 1.10. The van der Waals surface area contributed by atoms with E-state index in [1.807, 2.05) is 0 Å². The van der Waals surface area contributed by atoms with E-state index in [2.05, 4.69) is 96.1 Å². The van der Waals surface area contributed by atoms with Gasteiger partial charge in [0, 0.05) is 67.0 Å². The molecule has 10 unspecified atom stereocenters. The van der Waals surface area contributed by atoms with Gasteiger partial charge in [-0.2, -0.15) is 4.98 Å². The molecule has 6 aromatic rings. The molecule has 0 amide bonds. The quantitative estimate of drug-likeness (QED) is 0.0237. The van der Waals surface area contributed by atoms with E-state index in [9.17, 15) is 52.4 Å². The van der Waals surface area contributed by atoms with E-state index in [4.69, 9.17) is 94.6 Å². The monoisotopic (exact) mass is 1770 g/mol. The number of anilines is 2. The van der Waals surface area contributed by atoms with Gasteiger partial charge in [-0.05, 0) is 48.5 Å². The van der Waals surface area contributed by atoms with E-state index < -0.39 is 234 Å². The first kappa shape index (κ1) is 83.7. The van der Waals surface area contributed by atoms with Gasteiger partial charge in [0.15, 0.2) is 30.1 Å². The predicted molar refractivity (Wildman–Crippen MR) is 399 cm³/mol. The molecule has 14 rings (SSSR count). The Kier molecular flexibility index (Phi) is 23.1. The van der Waals surface area contributed by atoms with Gasteiger partial charge >= 0.3 is 56.7 Å². The number of aromatic nitrogens is 12. The summed E-state index contributed by atoms with van der Waals surface area (Å²) in [6.45, 7) is -17.7. The Labute approximate surface area is 656 Å². The number of nitrogens with two attached hydrogens (primary N) is 2. The highest BCUT2D eigenvalue weighted by atomic mass is 32.7. The number of H-pyrrole nitrogens is 3. The first-order chi connectivity index (χ1) is 52.5. The van der Waals surface area contributed by atoms with Gasteiger partial charge in [0.25, 0.3) is 16.7 Å². The molecule has 8 saturated heterocycles. The van der Waals surface area contributed by atoms with Crippen molar-refractivity contribution in [3.05, 3.63) is 133 Å². The maximum Gasteiger partial charge on any atom is 0.386 e. The van der Waals surface area contributed by atoms with E-state index in [1.54, 1.807) is 6.92 Å². The lowest BCUT2D eigenvalue weighted by Gasteiger charge is -2.38. The summed E-state index contributed by atoms with van der Waals surface area (Å²) in [6.07, 6.45) is -18.0. The lowest BCUT2D eigenvalue weighted by atomic mass is 9.94. The van der Waals surface area contributed by atoms with Crippen molar-refractivity contribution in [2.45, 2.75) is 189 Å². The van der Waals surface area contributed by atoms with Crippen LogP contribution in [0.3, 0.4) is 0 Å². The fourth-order valence-corrected chi connectivity index (χ4v) is 21.7. The second-order valence-electron chi connectivity index (χ2n) is 27.6. The summed E-state index contributed by atoms with van der Waals surface area (Å²) in [4.78, 5) is 115. The van der Waals surface area contributed by atoms with Gasteiger partial charge in [-0.1, -0.05) is 61.2 Å².